The molecule has 146 valence electrons. The Morgan fingerprint density at radius 3 is 2.69 bits per heavy atom. The lowest BCUT2D eigenvalue weighted by Crippen LogP contribution is -2.41. The molecule has 5 rings (SSSR count). The highest BCUT2D eigenvalue weighted by Gasteiger charge is 2.49. The fraction of sp³-hybridized carbons (Fsp3) is 0.286. The topological polar surface area (TPSA) is 93.0 Å². The van der Waals surface area contributed by atoms with Crippen molar-refractivity contribution in [2.45, 2.75) is 38.3 Å². The van der Waals surface area contributed by atoms with E-state index in [1.54, 1.807) is 6.92 Å². The molecule has 2 aliphatic rings. The second-order valence-corrected chi connectivity index (χ2v) is 7.63. The van der Waals surface area contributed by atoms with Crippen molar-refractivity contribution >= 4 is 11.9 Å². The number of carbonyl (C=O) groups excluding carboxylic acids is 2. The molecule has 0 saturated carbocycles. The summed E-state index contributed by atoms with van der Waals surface area (Å²) >= 11 is 0. The molecular formula is C21H20N6O2. The summed E-state index contributed by atoms with van der Waals surface area (Å²) in [5, 5.41) is 14.6. The zero-order valence-electron chi connectivity index (χ0n) is 16.0. The van der Waals surface area contributed by atoms with Gasteiger partial charge in [0.1, 0.15) is 5.54 Å². The Kier molecular flexibility index (Phi) is 3.94. The van der Waals surface area contributed by atoms with Crippen molar-refractivity contribution < 1.29 is 9.59 Å². The van der Waals surface area contributed by atoms with Gasteiger partial charge in [-0.1, -0.05) is 36.4 Å². The van der Waals surface area contributed by atoms with Gasteiger partial charge in [-0.15, -0.1) is 5.10 Å². The second kappa shape index (κ2) is 6.51. The molecule has 0 spiro atoms. The number of nitrogens with zero attached hydrogens (tertiary/aromatic N) is 5. The van der Waals surface area contributed by atoms with E-state index in [1.807, 2.05) is 36.4 Å². The fourth-order valence-electron chi connectivity index (χ4n) is 4.13. The monoisotopic (exact) mass is 388 g/mol. The van der Waals surface area contributed by atoms with Crippen LogP contribution in [0.4, 0.5) is 4.79 Å². The van der Waals surface area contributed by atoms with Gasteiger partial charge < -0.3 is 5.32 Å². The van der Waals surface area contributed by atoms with E-state index >= 15 is 0 Å². The normalized spacial score (nSPS) is 20.8. The summed E-state index contributed by atoms with van der Waals surface area (Å²) in [6, 6.07) is 15.0. The summed E-state index contributed by atoms with van der Waals surface area (Å²) in [4.78, 5) is 27.2. The molecule has 8 heteroatoms. The number of nitrogens with one attached hydrogen (secondary N) is 1. The van der Waals surface area contributed by atoms with E-state index in [-0.39, 0.29) is 12.5 Å². The number of fused-ring (bicyclic) bond motifs is 1. The number of urea groups is 1. The number of aryl methyl sites for hydroxylation is 2. The summed E-state index contributed by atoms with van der Waals surface area (Å²) in [5.41, 5.74) is 3.06. The number of tetrazole rings is 1. The zero-order valence-corrected chi connectivity index (χ0v) is 16.0. The van der Waals surface area contributed by atoms with Crippen molar-refractivity contribution in [3.63, 3.8) is 0 Å². The zero-order chi connectivity index (χ0) is 20.0. The summed E-state index contributed by atoms with van der Waals surface area (Å²) in [5.74, 6) is 0.112. The minimum absolute atomic E-state index is 0.00685. The highest BCUT2D eigenvalue weighted by molar-refractivity contribution is 6.07. The molecular weight excluding hydrogens is 368 g/mol. The SMILES string of the molecule is C[C@]1(c2ccc3c(c2)CCC3)NC(=O)N(Cc2nnnn2-c2ccccc2)C1=O. The highest BCUT2D eigenvalue weighted by Crippen LogP contribution is 2.33. The van der Waals surface area contributed by atoms with Crippen LogP contribution in [-0.4, -0.2) is 37.0 Å². The molecule has 3 amide bonds. The second-order valence-electron chi connectivity index (χ2n) is 7.63. The largest absolute Gasteiger partial charge is 0.325 e. The van der Waals surface area contributed by atoms with Gasteiger partial charge in [0.15, 0.2) is 5.82 Å². The number of amides is 3. The molecule has 0 unspecified atom stereocenters. The third-order valence-electron chi connectivity index (χ3n) is 5.79. The molecule has 1 atom stereocenters. The number of imide groups is 1. The maximum Gasteiger partial charge on any atom is 0.325 e. The number of aromatic nitrogens is 4. The van der Waals surface area contributed by atoms with Crippen LogP contribution in [0.25, 0.3) is 5.69 Å². The van der Waals surface area contributed by atoms with Crippen LogP contribution in [0.1, 0.15) is 35.9 Å². The summed E-state index contributed by atoms with van der Waals surface area (Å²) in [7, 11) is 0. The minimum Gasteiger partial charge on any atom is -0.319 e. The van der Waals surface area contributed by atoms with Gasteiger partial charge in [0.25, 0.3) is 5.91 Å². The number of rotatable bonds is 4. The molecule has 2 heterocycles. The van der Waals surface area contributed by atoms with Crippen LogP contribution in [-0.2, 0) is 29.7 Å². The Bertz CT molecular complexity index is 1110. The first-order valence-electron chi connectivity index (χ1n) is 9.65. The van der Waals surface area contributed by atoms with Gasteiger partial charge in [-0.2, -0.15) is 4.68 Å². The molecule has 0 radical (unpaired) electrons. The number of carbonyl (C=O) groups is 2. The van der Waals surface area contributed by atoms with E-state index in [2.05, 4.69) is 33.0 Å². The van der Waals surface area contributed by atoms with Crippen molar-refractivity contribution in [1.82, 2.24) is 30.4 Å². The van der Waals surface area contributed by atoms with Gasteiger partial charge in [0.2, 0.25) is 0 Å². The third kappa shape index (κ3) is 2.79. The standard InChI is InChI=1S/C21H20N6O2/c1-21(16-11-10-14-6-5-7-15(14)12-16)19(28)26(20(29)22-21)13-18-23-24-25-27(18)17-8-3-2-4-9-17/h2-4,8-12H,5-7,13H2,1H3,(H,22,29)/t21-/m1/s1. The molecule has 1 aliphatic carbocycles. The maximum absolute atomic E-state index is 13.3. The van der Waals surface area contributed by atoms with E-state index in [1.165, 1.54) is 20.7 Å². The van der Waals surface area contributed by atoms with Gasteiger partial charge in [-0.05, 0) is 65.4 Å². The summed E-state index contributed by atoms with van der Waals surface area (Å²) in [6.45, 7) is 1.75. The molecule has 1 aliphatic heterocycles. The molecule has 29 heavy (non-hydrogen) atoms. The minimum atomic E-state index is -1.10. The van der Waals surface area contributed by atoms with Crippen molar-refractivity contribution in [2.75, 3.05) is 0 Å². The Balaban J connectivity index is 1.44. The Hall–Kier alpha value is -3.55. The summed E-state index contributed by atoms with van der Waals surface area (Å²) in [6.07, 6.45) is 3.21. The molecule has 1 saturated heterocycles. The van der Waals surface area contributed by atoms with Crippen LogP contribution < -0.4 is 5.32 Å². The molecule has 3 aromatic rings. The Morgan fingerprint density at radius 1 is 1.07 bits per heavy atom. The number of hydrogen-bond acceptors (Lipinski definition) is 5. The van der Waals surface area contributed by atoms with E-state index in [9.17, 15) is 9.59 Å². The van der Waals surface area contributed by atoms with Crippen molar-refractivity contribution in [2.24, 2.45) is 0 Å². The quantitative estimate of drug-likeness (QED) is 0.691. The Morgan fingerprint density at radius 2 is 1.86 bits per heavy atom. The van der Waals surface area contributed by atoms with Crippen molar-refractivity contribution in [3.05, 3.63) is 71.0 Å². The van der Waals surface area contributed by atoms with E-state index in [0.717, 1.165) is 30.5 Å². The average molecular weight is 388 g/mol. The number of benzene rings is 2. The van der Waals surface area contributed by atoms with E-state index < -0.39 is 11.6 Å². The van der Waals surface area contributed by atoms with Gasteiger partial charge in [0.05, 0.1) is 12.2 Å². The van der Waals surface area contributed by atoms with Gasteiger partial charge in [-0.3, -0.25) is 9.69 Å². The van der Waals surface area contributed by atoms with Gasteiger partial charge >= 0.3 is 6.03 Å². The Labute approximate surface area is 167 Å². The molecule has 0 bridgehead atoms. The maximum atomic E-state index is 13.3. The molecule has 2 aromatic carbocycles. The molecule has 1 aromatic heterocycles. The van der Waals surface area contributed by atoms with Crippen LogP contribution in [0, 0.1) is 0 Å². The lowest BCUT2D eigenvalue weighted by atomic mass is 9.89. The van der Waals surface area contributed by atoms with Crippen LogP contribution in [0.3, 0.4) is 0 Å². The third-order valence-corrected chi connectivity index (χ3v) is 5.79. The predicted molar refractivity (Wildman–Crippen MR) is 104 cm³/mol. The predicted octanol–water partition coefficient (Wildman–Crippen LogP) is 2.12. The van der Waals surface area contributed by atoms with Crippen LogP contribution in [0.5, 0.6) is 0 Å². The van der Waals surface area contributed by atoms with Crippen LogP contribution in [0.15, 0.2) is 48.5 Å². The fourth-order valence-corrected chi connectivity index (χ4v) is 4.13. The van der Waals surface area contributed by atoms with E-state index in [0.29, 0.717) is 5.82 Å². The smallest absolute Gasteiger partial charge is 0.319 e. The van der Waals surface area contributed by atoms with E-state index in [4.69, 9.17) is 0 Å². The first-order valence-corrected chi connectivity index (χ1v) is 9.65. The average Bonchev–Trinajstić information content (AvgIpc) is 3.44. The number of hydrogen-bond donors (Lipinski definition) is 1. The first-order chi connectivity index (χ1) is 14.1. The van der Waals surface area contributed by atoms with Crippen LogP contribution >= 0.6 is 0 Å². The van der Waals surface area contributed by atoms with Crippen LogP contribution in [0.2, 0.25) is 0 Å². The van der Waals surface area contributed by atoms with Crippen molar-refractivity contribution in [3.8, 4) is 5.69 Å². The lowest BCUT2D eigenvalue weighted by Gasteiger charge is -2.23. The molecule has 1 fully saturated rings. The molecule has 8 nitrogen and oxygen atoms in total. The lowest BCUT2D eigenvalue weighted by molar-refractivity contribution is -0.131. The number of para-hydroxylation sites is 1. The first kappa shape index (κ1) is 17.5. The van der Waals surface area contributed by atoms with Gasteiger partial charge in [0, 0.05) is 0 Å². The highest BCUT2D eigenvalue weighted by atomic mass is 16.2. The molecule has 1 N–H and O–H groups in total. The van der Waals surface area contributed by atoms with Gasteiger partial charge in [-0.25, -0.2) is 4.79 Å². The van der Waals surface area contributed by atoms with Crippen molar-refractivity contribution in [1.29, 1.82) is 0 Å². The summed E-state index contributed by atoms with van der Waals surface area (Å²) < 4.78 is 1.53.